The highest BCUT2D eigenvalue weighted by Crippen LogP contribution is 2.15. The van der Waals surface area contributed by atoms with E-state index in [0.29, 0.717) is 0 Å². The molecule has 1 aromatic carbocycles. The number of rotatable bonds is 1. The van der Waals surface area contributed by atoms with Gasteiger partial charge in [-0.15, -0.1) is 0 Å². The molecule has 5 nitrogen and oxygen atoms in total. The van der Waals surface area contributed by atoms with Crippen molar-refractivity contribution in [2.45, 2.75) is 0 Å². The highest BCUT2D eigenvalue weighted by molar-refractivity contribution is 7.91. The van der Waals surface area contributed by atoms with Crippen LogP contribution in [-0.2, 0) is 9.84 Å². The van der Waals surface area contributed by atoms with Gasteiger partial charge in [-0.2, -0.15) is 0 Å². The van der Waals surface area contributed by atoms with Gasteiger partial charge in [-0.1, -0.05) is 0 Å². The lowest BCUT2D eigenvalue weighted by Crippen LogP contribution is -2.43. The number of anilines is 1. The summed E-state index contributed by atoms with van der Waals surface area (Å²) in [7, 11) is -3.02. The summed E-state index contributed by atoms with van der Waals surface area (Å²) in [4.78, 5) is 13.5. The van der Waals surface area contributed by atoms with E-state index in [2.05, 4.69) is 0 Å². The monoisotopic (exact) mass is 272 g/mol. The topological polar surface area (TPSA) is 80.5 Å². The van der Waals surface area contributed by atoms with Crippen molar-refractivity contribution in [2.75, 3.05) is 30.3 Å². The second-order valence-electron chi connectivity index (χ2n) is 4.18. The predicted molar refractivity (Wildman–Crippen MR) is 65.4 cm³/mol. The van der Waals surface area contributed by atoms with Crippen molar-refractivity contribution in [1.82, 2.24) is 4.90 Å². The molecule has 0 radical (unpaired) electrons. The fourth-order valence-electron chi connectivity index (χ4n) is 1.77. The van der Waals surface area contributed by atoms with Gasteiger partial charge in [0.2, 0.25) is 0 Å². The molecule has 7 heteroatoms. The number of halogens is 1. The molecule has 1 aliphatic heterocycles. The van der Waals surface area contributed by atoms with Gasteiger partial charge in [0.1, 0.15) is 5.82 Å². The molecule has 0 saturated carbocycles. The quantitative estimate of drug-likeness (QED) is 0.745. The molecule has 1 saturated heterocycles. The number of nitrogens with two attached hydrogens (primary N) is 1. The van der Waals surface area contributed by atoms with Crippen LogP contribution in [0, 0.1) is 5.82 Å². The Morgan fingerprint density at radius 3 is 2.44 bits per heavy atom. The van der Waals surface area contributed by atoms with Crippen LogP contribution in [0.2, 0.25) is 0 Å². The summed E-state index contributed by atoms with van der Waals surface area (Å²) >= 11 is 0. The number of carbonyl (C=O) groups is 1. The van der Waals surface area contributed by atoms with Gasteiger partial charge in [0.25, 0.3) is 5.91 Å². The van der Waals surface area contributed by atoms with Gasteiger partial charge in [-0.25, -0.2) is 12.8 Å². The minimum Gasteiger partial charge on any atom is -0.396 e. The van der Waals surface area contributed by atoms with Crippen molar-refractivity contribution in [1.29, 1.82) is 0 Å². The summed E-state index contributed by atoms with van der Waals surface area (Å²) in [6.07, 6.45) is 0. The first-order chi connectivity index (χ1) is 8.39. The molecule has 2 rings (SSSR count). The highest BCUT2D eigenvalue weighted by Gasteiger charge is 2.25. The molecule has 1 amide bonds. The average molecular weight is 272 g/mol. The summed E-state index contributed by atoms with van der Waals surface area (Å²) in [6, 6.07) is 3.74. The summed E-state index contributed by atoms with van der Waals surface area (Å²) in [6.45, 7) is 0.330. The Morgan fingerprint density at radius 1 is 1.28 bits per heavy atom. The summed E-state index contributed by atoms with van der Waals surface area (Å²) < 4.78 is 35.5. The number of hydrogen-bond donors (Lipinski definition) is 1. The molecule has 1 heterocycles. The molecule has 0 spiro atoms. The Labute approximate surface area is 104 Å². The van der Waals surface area contributed by atoms with E-state index in [1.54, 1.807) is 0 Å². The van der Waals surface area contributed by atoms with Crippen LogP contribution in [0.15, 0.2) is 18.2 Å². The van der Waals surface area contributed by atoms with E-state index in [1.165, 1.54) is 17.0 Å². The lowest BCUT2D eigenvalue weighted by molar-refractivity contribution is 0.0770. The molecule has 1 aromatic rings. The first-order valence-corrected chi connectivity index (χ1v) is 7.26. The van der Waals surface area contributed by atoms with E-state index in [9.17, 15) is 17.6 Å². The lowest BCUT2D eigenvalue weighted by Gasteiger charge is -2.26. The second kappa shape index (κ2) is 4.56. The maximum Gasteiger partial charge on any atom is 0.253 e. The Kier molecular flexibility index (Phi) is 3.25. The molecule has 18 heavy (non-hydrogen) atoms. The lowest BCUT2D eigenvalue weighted by atomic mass is 10.1. The van der Waals surface area contributed by atoms with Gasteiger partial charge in [0, 0.05) is 18.7 Å². The fourth-order valence-corrected chi connectivity index (χ4v) is 2.98. The third-order valence-corrected chi connectivity index (χ3v) is 4.48. The predicted octanol–water partition coefficient (Wildman–Crippen LogP) is 0.279. The number of nitrogens with zero attached hydrogens (tertiary/aromatic N) is 1. The highest BCUT2D eigenvalue weighted by atomic mass is 32.2. The van der Waals surface area contributed by atoms with Crippen LogP contribution < -0.4 is 5.73 Å². The maximum atomic E-state index is 13.0. The van der Waals surface area contributed by atoms with Crippen molar-refractivity contribution in [3.63, 3.8) is 0 Å². The molecule has 2 N–H and O–H groups in total. The number of carbonyl (C=O) groups excluding carboxylic acids is 1. The molecule has 1 aliphatic rings. The van der Waals surface area contributed by atoms with E-state index < -0.39 is 15.7 Å². The molecule has 0 aliphatic carbocycles. The van der Waals surface area contributed by atoms with E-state index in [0.717, 1.165) is 6.07 Å². The van der Waals surface area contributed by atoms with E-state index in [4.69, 9.17) is 5.73 Å². The zero-order valence-corrected chi connectivity index (χ0v) is 10.4. The maximum absolute atomic E-state index is 13.0. The van der Waals surface area contributed by atoms with Gasteiger partial charge in [0.15, 0.2) is 9.84 Å². The van der Waals surface area contributed by atoms with E-state index in [-0.39, 0.29) is 41.8 Å². The normalized spacial score (nSPS) is 18.6. The van der Waals surface area contributed by atoms with Crippen LogP contribution in [0.4, 0.5) is 10.1 Å². The molecule has 0 unspecified atom stereocenters. The molecule has 0 atom stereocenters. The third kappa shape index (κ3) is 2.61. The molecular weight excluding hydrogens is 259 g/mol. The number of hydrogen-bond acceptors (Lipinski definition) is 4. The zero-order valence-electron chi connectivity index (χ0n) is 9.60. The van der Waals surface area contributed by atoms with E-state index >= 15 is 0 Å². The number of amides is 1. The van der Waals surface area contributed by atoms with Gasteiger partial charge >= 0.3 is 0 Å². The van der Waals surface area contributed by atoms with Gasteiger partial charge in [-0.3, -0.25) is 4.79 Å². The Bertz CT molecular complexity index is 572. The molecular formula is C11H13FN2O3S. The number of nitrogen functional groups attached to an aromatic ring is 1. The number of sulfone groups is 1. The third-order valence-electron chi connectivity index (χ3n) is 2.87. The van der Waals surface area contributed by atoms with Crippen molar-refractivity contribution in [2.24, 2.45) is 0 Å². The minimum absolute atomic E-state index is 0.0323. The largest absolute Gasteiger partial charge is 0.396 e. The summed E-state index contributed by atoms with van der Waals surface area (Å²) in [5, 5.41) is 0. The van der Waals surface area contributed by atoms with Gasteiger partial charge < -0.3 is 10.6 Å². The van der Waals surface area contributed by atoms with Crippen LogP contribution in [0.1, 0.15) is 10.4 Å². The van der Waals surface area contributed by atoms with Crippen molar-refractivity contribution in [3.8, 4) is 0 Å². The van der Waals surface area contributed by atoms with Crippen LogP contribution in [0.3, 0.4) is 0 Å². The summed E-state index contributed by atoms with van der Waals surface area (Å²) in [5.74, 6) is -0.963. The molecule has 1 fully saturated rings. The zero-order chi connectivity index (χ0) is 13.3. The fraction of sp³-hybridized carbons (Fsp3) is 0.364. The Balaban J connectivity index is 2.15. The molecule has 0 bridgehead atoms. The van der Waals surface area contributed by atoms with Crippen molar-refractivity contribution >= 4 is 21.4 Å². The minimum atomic E-state index is -3.02. The number of benzene rings is 1. The van der Waals surface area contributed by atoms with Crippen LogP contribution in [0.5, 0.6) is 0 Å². The van der Waals surface area contributed by atoms with Crippen LogP contribution in [-0.4, -0.2) is 43.8 Å². The van der Waals surface area contributed by atoms with E-state index in [1.807, 2.05) is 0 Å². The standard InChI is InChI=1S/C11H13FN2O3S/c12-9-2-1-8(7-10(9)13)11(15)14-3-5-18(16,17)6-4-14/h1-2,7H,3-6,13H2. The van der Waals surface area contributed by atoms with Gasteiger partial charge in [0.05, 0.1) is 17.2 Å². The first-order valence-electron chi connectivity index (χ1n) is 5.44. The summed E-state index contributed by atoms with van der Waals surface area (Å²) in [5.41, 5.74) is 5.57. The van der Waals surface area contributed by atoms with Crippen LogP contribution in [0.25, 0.3) is 0 Å². The SMILES string of the molecule is Nc1cc(C(=O)N2CCS(=O)(=O)CC2)ccc1F. The first kappa shape index (κ1) is 12.8. The Hall–Kier alpha value is -1.63. The average Bonchev–Trinajstić information content (AvgIpc) is 2.32. The smallest absolute Gasteiger partial charge is 0.253 e. The van der Waals surface area contributed by atoms with Crippen molar-refractivity contribution < 1.29 is 17.6 Å². The van der Waals surface area contributed by atoms with Gasteiger partial charge in [-0.05, 0) is 18.2 Å². The van der Waals surface area contributed by atoms with Crippen molar-refractivity contribution in [3.05, 3.63) is 29.6 Å². The molecule has 0 aromatic heterocycles. The Morgan fingerprint density at radius 2 is 1.89 bits per heavy atom. The second-order valence-corrected chi connectivity index (χ2v) is 6.48. The van der Waals surface area contributed by atoms with Crippen LogP contribution >= 0.6 is 0 Å². The molecule has 98 valence electrons.